The zero-order chi connectivity index (χ0) is 26.2. The number of benzene rings is 3. The maximum Gasteiger partial charge on any atom is 0.443 e. The van der Waals surface area contributed by atoms with Gasteiger partial charge in [-0.15, -0.1) is 3.96 Å². The van der Waals surface area contributed by atoms with Crippen molar-refractivity contribution in [2.45, 2.75) is 0 Å². The van der Waals surface area contributed by atoms with Crippen LogP contribution in [-0.4, -0.2) is 8.56 Å². The first kappa shape index (κ1) is 28.8. The minimum atomic E-state index is -3.67. The predicted molar refractivity (Wildman–Crippen MR) is 162 cm³/mol. The molecule has 192 valence electrons. The molecular weight excluding hydrogens is 787 g/mol. The van der Waals surface area contributed by atoms with Gasteiger partial charge in [0.25, 0.3) is 0 Å². The standard InChI is InChI=1S/C18H15Br3Cl3N6O3P3/c19-13-7-10(25)1-4-16(13)31-30-35(24)29(22)34(23)28-36(30,32-17-5-2-11(26)8-14(17)20)33-18-6-3-12(27)9-15(18)21/h1-9H,25-27H2. The molecule has 0 bridgehead atoms. The molecule has 0 fully saturated rings. The van der Waals surface area contributed by atoms with Crippen LogP contribution in [0.3, 0.4) is 0 Å². The number of rotatable bonds is 6. The Bertz CT molecular complexity index is 1310. The van der Waals surface area contributed by atoms with Crippen molar-refractivity contribution in [3.63, 3.8) is 0 Å². The SMILES string of the molecule is Nc1ccc(ON2P(Cl)N(Cl)P(Cl)N=P2(Oc2ccc(N)cc2Br)Oc2ccc(N)cc2Br)c(Br)c1. The van der Waals surface area contributed by atoms with E-state index in [0.717, 1.165) is 0 Å². The molecule has 1 heterocycles. The van der Waals surface area contributed by atoms with Crippen molar-refractivity contribution in [3.05, 3.63) is 68.0 Å². The highest BCUT2D eigenvalue weighted by Crippen LogP contribution is 2.81. The first-order valence-corrected chi connectivity index (χ1v) is 18.1. The Labute approximate surface area is 249 Å². The summed E-state index contributed by atoms with van der Waals surface area (Å²) in [6.45, 7) is 0. The molecule has 0 saturated carbocycles. The minimum absolute atomic E-state index is 0.362. The number of hydrogen-bond acceptors (Lipinski definition) is 9. The first-order chi connectivity index (χ1) is 17.0. The third kappa shape index (κ3) is 6.32. The number of nitrogen functional groups attached to an aromatic ring is 3. The summed E-state index contributed by atoms with van der Waals surface area (Å²) in [4.78, 5) is 6.24. The molecule has 0 radical (unpaired) electrons. The minimum Gasteiger partial charge on any atom is -0.415 e. The van der Waals surface area contributed by atoms with Gasteiger partial charge in [-0.05, 0) is 125 Å². The fourth-order valence-electron chi connectivity index (χ4n) is 2.71. The van der Waals surface area contributed by atoms with Gasteiger partial charge in [0.2, 0.25) is 15.2 Å². The lowest BCUT2D eigenvalue weighted by molar-refractivity contribution is 0.111. The lowest BCUT2D eigenvalue weighted by atomic mass is 10.3. The van der Waals surface area contributed by atoms with Crippen molar-refractivity contribution in [2.24, 2.45) is 4.52 Å². The van der Waals surface area contributed by atoms with Crippen molar-refractivity contribution >= 4 is 122 Å². The van der Waals surface area contributed by atoms with Gasteiger partial charge in [-0.25, -0.2) is 0 Å². The van der Waals surface area contributed by atoms with Crippen molar-refractivity contribution in [1.82, 2.24) is 8.56 Å². The van der Waals surface area contributed by atoms with Crippen LogP contribution < -0.4 is 31.1 Å². The zero-order valence-corrected chi connectivity index (χ0v) is 27.3. The maximum absolute atomic E-state index is 6.80. The average molecular weight is 802 g/mol. The van der Waals surface area contributed by atoms with E-state index in [2.05, 4.69) is 52.3 Å². The van der Waals surface area contributed by atoms with Gasteiger partial charge < -0.3 is 31.1 Å². The van der Waals surface area contributed by atoms with E-state index in [0.29, 0.717) is 47.7 Å². The van der Waals surface area contributed by atoms with Gasteiger partial charge in [0.15, 0.2) is 5.75 Å². The van der Waals surface area contributed by atoms with Crippen LogP contribution in [0.2, 0.25) is 0 Å². The van der Waals surface area contributed by atoms with E-state index in [1.807, 2.05) is 0 Å². The number of anilines is 3. The van der Waals surface area contributed by atoms with Crippen molar-refractivity contribution in [3.8, 4) is 17.2 Å². The smallest absolute Gasteiger partial charge is 0.415 e. The number of hydrogen-bond donors (Lipinski definition) is 3. The van der Waals surface area contributed by atoms with E-state index in [9.17, 15) is 0 Å². The molecule has 6 N–H and O–H groups in total. The van der Waals surface area contributed by atoms with Crippen LogP contribution in [0.1, 0.15) is 0 Å². The molecular formula is C18H15Br3Cl3N6O3P3. The highest BCUT2D eigenvalue weighted by atomic mass is 79.9. The maximum atomic E-state index is 6.80. The van der Waals surface area contributed by atoms with Gasteiger partial charge in [-0.3, -0.25) is 0 Å². The van der Waals surface area contributed by atoms with Gasteiger partial charge in [0.1, 0.15) is 11.5 Å². The Hall–Kier alpha value is -0.220. The summed E-state index contributed by atoms with van der Waals surface area (Å²) < 4.78 is 21.7. The van der Waals surface area contributed by atoms with Gasteiger partial charge in [-0.1, -0.05) is 11.2 Å². The fraction of sp³-hybridized carbons (Fsp3) is 0. The fourth-order valence-corrected chi connectivity index (χ4v) is 13.9. The van der Waals surface area contributed by atoms with Crippen LogP contribution in [0.25, 0.3) is 0 Å². The van der Waals surface area contributed by atoms with E-state index in [1.165, 1.54) is 8.56 Å². The van der Waals surface area contributed by atoms with E-state index in [4.69, 9.17) is 65.3 Å². The molecule has 2 atom stereocenters. The highest BCUT2D eigenvalue weighted by molar-refractivity contribution is 9.11. The Kier molecular flexibility index (Phi) is 9.50. The molecule has 0 aromatic heterocycles. The Morgan fingerprint density at radius 2 is 1.17 bits per heavy atom. The quantitative estimate of drug-likeness (QED) is 0.128. The molecule has 3 aromatic carbocycles. The van der Waals surface area contributed by atoms with Gasteiger partial charge in [-0.2, -0.15) is 4.52 Å². The average Bonchev–Trinajstić information content (AvgIpc) is 2.80. The third-order valence-corrected chi connectivity index (χ3v) is 16.3. The number of nitrogens with two attached hydrogens (primary N) is 3. The summed E-state index contributed by atoms with van der Waals surface area (Å²) in [6.07, 6.45) is 0. The van der Waals surface area contributed by atoms with E-state index >= 15 is 0 Å². The Balaban J connectivity index is 1.90. The second kappa shape index (κ2) is 11.9. The first-order valence-electron chi connectivity index (χ1n) is 9.51. The molecule has 1 aliphatic heterocycles. The molecule has 2 unspecified atom stereocenters. The van der Waals surface area contributed by atoms with E-state index in [-0.39, 0.29) is 0 Å². The lowest BCUT2D eigenvalue weighted by Gasteiger charge is -2.41. The van der Waals surface area contributed by atoms with E-state index < -0.39 is 22.8 Å². The normalized spacial score (nSPS) is 19.9. The summed E-state index contributed by atoms with van der Waals surface area (Å²) in [5.74, 6) is 1.09. The summed E-state index contributed by atoms with van der Waals surface area (Å²) >= 11 is 30.2. The molecule has 3 aromatic rings. The monoisotopic (exact) mass is 798 g/mol. The molecule has 9 nitrogen and oxygen atoms in total. The molecule has 4 rings (SSSR count). The van der Waals surface area contributed by atoms with Gasteiger partial charge in [0.05, 0.1) is 13.4 Å². The van der Waals surface area contributed by atoms with Crippen LogP contribution in [0.15, 0.2) is 72.5 Å². The predicted octanol–water partition coefficient (Wildman–Crippen LogP) is 9.82. The second-order valence-corrected chi connectivity index (χ2v) is 17.3. The third-order valence-electron chi connectivity index (χ3n) is 4.30. The van der Waals surface area contributed by atoms with Crippen LogP contribution in [0, 0.1) is 0 Å². The summed E-state index contributed by atoms with van der Waals surface area (Å²) in [5.41, 5.74) is 19.3. The molecule has 36 heavy (non-hydrogen) atoms. The molecule has 0 spiro atoms. The molecule has 0 saturated heterocycles. The largest absolute Gasteiger partial charge is 0.443 e. The Morgan fingerprint density at radius 1 is 0.750 bits per heavy atom. The van der Waals surface area contributed by atoms with Crippen LogP contribution in [0.4, 0.5) is 17.1 Å². The second-order valence-electron chi connectivity index (χ2n) is 6.90. The van der Waals surface area contributed by atoms with Gasteiger partial charge >= 0.3 is 7.66 Å². The van der Waals surface area contributed by atoms with Crippen molar-refractivity contribution < 1.29 is 13.9 Å². The highest BCUT2D eigenvalue weighted by Gasteiger charge is 2.52. The molecule has 0 aliphatic carbocycles. The van der Waals surface area contributed by atoms with Crippen LogP contribution in [-0.2, 0) is 0 Å². The summed E-state index contributed by atoms with van der Waals surface area (Å²) in [5, 5.41) is 0. The zero-order valence-electron chi connectivity index (χ0n) is 17.6. The summed E-state index contributed by atoms with van der Waals surface area (Å²) in [7, 11) is -7.48. The van der Waals surface area contributed by atoms with Crippen molar-refractivity contribution in [1.29, 1.82) is 0 Å². The number of nitrogens with zero attached hydrogens (tertiary/aromatic N) is 3. The van der Waals surface area contributed by atoms with Gasteiger partial charge in [0, 0.05) is 21.7 Å². The topological polar surface area (TPSA) is 125 Å². The molecule has 18 heteroatoms. The lowest BCUT2D eigenvalue weighted by Crippen LogP contribution is -2.29. The van der Waals surface area contributed by atoms with Crippen molar-refractivity contribution in [2.75, 3.05) is 17.2 Å². The van der Waals surface area contributed by atoms with Crippen LogP contribution >= 0.6 is 105 Å². The number of halogens is 6. The van der Waals surface area contributed by atoms with E-state index in [1.54, 1.807) is 54.6 Å². The molecule has 0 amide bonds. The van der Waals surface area contributed by atoms with Crippen LogP contribution in [0.5, 0.6) is 17.2 Å². The molecule has 1 aliphatic rings. The summed E-state index contributed by atoms with van der Waals surface area (Å²) in [6, 6.07) is 15.0. The Morgan fingerprint density at radius 3 is 1.58 bits per heavy atom.